The van der Waals surface area contributed by atoms with Crippen molar-refractivity contribution in [3.8, 4) is 11.5 Å². The van der Waals surface area contributed by atoms with Crippen LogP contribution in [-0.2, 0) is 11.2 Å². The average Bonchev–Trinajstić information content (AvgIpc) is 2.90. The summed E-state index contributed by atoms with van der Waals surface area (Å²) in [4.78, 5) is 23.6. The van der Waals surface area contributed by atoms with Crippen LogP contribution in [0.4, 0.5) is 5.69 Å². The van der Waals surface area contributed by atoms with E-state index in [4.69, 9.17) is 19.0 Å². The Hall–Kier alpha value is -2.96. The quantitative estimate of drug-likeness (QED) is 0.760. The largest absolute Gasteiger partial charge is 0.494 e. The van der Waals surface area contributed by atoms with Gasteiger partial charge in [-0.25, -0.2) is 0 Å². The fraction of sp³-hybridized carbons (Fsp3) is 0.333. The lowest BCUT2D eigenvalue weighted by Gasteiger charge is -2.13. The number of amides is 1. The molecule has 0 bridgehead atoms. The second kappa shape index (κ2) is 8.23. The summed E-state index contributed by atoms with van der Waals surface area (Å²) >= 11 is 0. The maximum Gasteiger partial charge on any atom is 0.311 e. The molecule has 7 heteroatoms. The van der Waals surface area contributed by atoms with Gasteiger partial charge in [0.1, 0.15) is 23.7 Å². The molecule has 0 saturated carbocycles. The van der Waals surface area contributed by atoms with Crippen molar-refractivity contribution >= 4 is 17.6 Å². The first-order valence-electron chi connectivity index (χ1n) is 7.96. The Kier molecular flexibility index (Phi) is 6.05. The van der Waals surface area contributed by atoms with E-state index in [1.807, 2.05) is 13.8 Å². The third-order valence-corrected chi connectivity index (χ3v) is 3.40. The molecule has 2 rings (SSSR count). The topological polar surface area (TPSA) is 98.0 Å². The molecule has 0 spiro atoms. The normalized spacial score (nSPS) is 10.4. The molecule has 1 heterocycles. The molecule has 1 aromatic heterocycles. The number of carbonyl (C=O) groups is 2. The molecule has 1 amide bonds. The van der Waals surface area contributed by atoms with Gasteiger partial charge < -0.3 is 24.3 Å². The van der Waals surface area contributed by atoms with E-state index in [1.165, 1.54) is 6.26 Å². The highest BCUT2D eigenvalue weighted by Crippen LogP contribution is 2.30. The Morgan fingerprint density at radius 2 is 1.92 bits per heavy atom. The van der Waals surface area contributed by atoms with Crippen LogP contribution in [0.3, 0.4) is 0 Å². The molecule has 0 aliphatic heterocycles. The molecular weight excluding hydrogens is 326 g/mol. The van der Waals surface area contributed by atoms with Gasteiger partial charge in [-0.2, -0.15) is 0 Å². The first-order chi connectivity index (χ1) is 12.0. The van der Waals surface area contributed by atoms with Crippen molar-refractivity contribution in [3.05, 3.63) is 41.3 Å². The Bertz CT molecular complexity index is 765. The van der Waals surface area contributed by atoms with Gasteiger partial charge in [0.25, 0.3) is 5.91 Å². The number of hydrogen-bond acceptors (Lipinski definition) is 5. The van der Waals surface area contributed by atoms with Crippen LogP contribution in [0.1, 0.15) is 35.5 Å². The van der Waals surface area contributed by atoms with Crippen molar-refractivity contribution in [3.63, 3.8) is 0 Å². The van der Waals surface area contributed by atoms with Gasteiger partial charge in [0.2, 0.25) is 0 Å². The molecular formula is C18H21NO6. The Morgan fingerprint density at radius 1 is 1.20 bits per heavy atom. The van der Waals surface area contributed by atoms with Gasteiger partial charge in [-0.15, -0.1) is 0 Å². The second-order valence-electron chi connectivity index (χ2n) is 5.27. The molecule has 7 nitrogen and oxygen atoms in total. The molecule has 0 aliphatic carbocycles. The molecule has 2 N–H and O–H groups in total. The van der Waals surface area contributed by atoms with Crippen LogP contribution in [0.2, 0.25) is 0 Å². The fourth-order valence-electron chi connectivity index (χ4n) is 2.40. The number of hydrogen-bond donors (Lipinski definition) is 2. The summed E-state index contributed by atoms with van der Waals surface area (Å²) in [5, 5.41) is 11.7. The predicted molar refractivity (Wildman–Crippen MR) is 91.5 cm³/mol. The number of furan rings is 1. The maximum atomic E-state index is 12.7. The Labute approximate surface area is 145 Å². The highest BCUT2D eigenvalue weighted by molar-refractivity contribution is 6.07. The summed E-state index contributed by atoms with van der Waals surface area (Å²) < 4.78 is 16.2. The predicted octanol–water partition coefficient (Wildman–Crippen LogP) is 3.26. The number of benzene rings is 1. The number of aryl methyl sites for hydroxylation is 1. The van der Waals surface area contributed by atoms with Gasteiger partial charge in [0, 0.05) is 11.6 Å². The van der Waals surface area contributed by atoms with E-state index < -0.39 is 11.9 Å². The lowest BCUT2D eigenvalue weighted by Crippen LogP contribution is -2.16. The number of carboxylic acids is 1. The minimum Gasteiger partial charge on any atom is -0.494 e. The number of ether oxygens (including phenoxy) is 2. The summed E-state index contributed by atoms with van der Waals surface area (Å²) in [6.07, 6.45) is 1.00. The van der Waals surface area contributed by atoms with E-state index in [0.29, 0.717) is 36.0 Å². The van der Waals surface area contributed by atoms with Gasteiger partial charge in [-0.05, 0) is 32.9 Å². The molecule has 25 heavy (non-hydrogen) atoms. The van der Waals surface area contributed by atoms with E-state index >= 15 is 0 Å². The van der Waals surface area contributed by atoms with E-state index in [9.17, 15) is 9.59 Å². The minimum absolute atomic E-state index is 0.112. The van der Waals surface area contributed by atoms with E-state index in [-0.39, 0.29) is 17.7 Å². The first kappa shape index (κ1) is 18.4. The summed E-state index contributed by atoms with van der Waals surface area (Å²) in [6.45, 7) is 6.32. The van der Waals surface area contributed by atoms with E-state index in [0.717, 1.165) is 0 Å². The van der Waals surface area contributed by atoms with Crippen molar-refractivity contribution < 1.29 is 28.6 Å². The molecule has 0 atom stereocenters. The minimum atomic E-state index is -1.07. The molecule has 1 aromatic carbocycles. The van der Waals surface area contributed by atoms with Crippen LogP contribution in [0.5, 0.6) is 11.5 Å². The number of rotatable bonds is 8. The Morgan fingerprint density at radius 3 is 2.56 bits per heavy atom. The summed E-state index contributed by atoms with van der Waals surface area (Å²) in [5.74, 6) is -0.327. The standard InChI is InChI=1S/C18H21NO6/c1-4-23-12-6-7-14(24-5-2)13(8-12)19-18(22)17-11(3)10-25-15(17)9-16(20)21/h6-8,10H,4-5,9H2,1-3H3,(H,19,22)(H,20,21). The molecule has 0 aliphatic rings. The van der Waals surface area contributed by atoms with Crippen LogP contribution in [0.25, 0.3) is 0 Å². The van der Waals surface area contributed by atoms with Gasteiger partial charge in [-0.1, -0.05) is 0 Å². The molecule has 2 aromatic rings. The van der Waals surface area contributed by atoms with Crippen molar-refractivity contribution in [1.29, 1.82) is 0 Å². The zero-order valence-electron chi connectivity index (χ0n) is 14.4. The highest BCUT2D eigenvalue weighted by Gasteiger charge is 2.21. The number of carbonyl (C=O) groups excluding carboxylic acids is 1. The van der Waals surface area contributed by atoms with Gasteiger partial charge in [0.15, 0.2) is 0 Å². The highest BCUT2D eigenvalue weighted by atomic mass is 16.5. The van der Waals surface area contributed by atoms with Crippen LogP contribution in [0.15, 0.2) is 28.9 Å². The zero-order valence-corrected chi connectivity index (χ0v) is 14.4. The van der Waals surface area contributed by atoms with Gasteiger partial charge >= 0.3 is 5.97 Å². The monoisotopic (exact) mass is 347 g/mol. The van der Waals surface area contributed by atoms with Crippen molar-refractivity contribution in [2.45, 2.75) is 27.2 Å². The smallest absolute Gasteiger partial charge is 0.311 e. The number of aliphatic carboxylic acids is 1. The van der Waals surface area contributed by atoms with E-state index in [1.54, 1.807) is 25.1 Å². The SMILES string of the molecule is CCOc1ccc(OCC)c(NC(=O)c2c(C)coc2CC(=O)O)c1. The molecule has 0 radical (unpaired) electrons. The fourth-order valence-corrected chi connectivity index (χ4v) is 2.40. The van der Waals surface area contributed by atoms with Crippen LogP contribution < -0.4 is 14.8 Å². The molecule has 0 unspecified atom stereocenters. The lowest BCUT2D eigenvalue weighted by atomic mass is 10.1. The van der Waals surface area contributed by atoms with Gasteiger partial charge in [0.05, 0.1) is 30.7 Å². The number of carboxylic acid groups (broad SMARTS) is 1. The third-order valence-electron chi connectivity index (χ3n) is 3.40. The summed E-state index contributed by atoms with van der Waals surface area (Å²) in [7, 11) is 0. The van der Waals surface area contributed by atoms with Gasteiger partial charge in [-0.3, -0.25) is 9.59 Å². The zero-order chi connectivity index (χ0) is 18.4. The second-order valence-corrected chi connectivity index (χ2v) is 5.27. The van der Waals surface area contributed by atoms with Crippen LogP contribution >= 0.6 is 0 Å². The first-order valence-corrected chi connectivity index (χ1v) is 7.96. The number of anilines is 1. The molecule has 0 saturated heterocycles. The lowest BCUT2D eigenvalue weighted by molar-refractivity contribution is -0.136. The summed E-state index contributed by atoms with van der Waals surface area (Å²) in [6, 6.07) is 5.13. The molecule has 134 valence electrons. The van der Waals surface area contributed by atoms with Crippen LogP contribution in [0, 0.1) is 6.92 Å². The molecule has 0 fully saturated rings. The van der Waals surface area contributed by atoms with E-state index in [2.05, 4.69) is 5.32 Å². The number of nitrogens with one attached hydrogen (secondary N) is 1. The Balaban J connectivity index is 2.32. The summed E-state index contributed by atoms with van der Waals surface area (Å²) in [5.41, 5.74) is 1.22. The van der Waals surface area contributed by atoms with Crippen molar-refractivity contribution in [2.24, 2.45) is 0 Å². The maximum absolute atomic E-state index is 12.7. The average molecular weight is 347 g/mol. The van der Waals surface area contributed by atoms with Crippen molar-refractivity contribution in [1.82, 2.24) is 0 Å². The third kappa shape index (κ3) is 4.53. The van der Waals surface area contributed by atoms with Crippen LogP contribution in [-0.4, -0.2) is 30.2 Å². The van der Waals surface area contributed by atoms with Crippen molar-refractivity contribution in [2.75, 3.05) is 18.5 Å².